The van der Waals surface area contributed by atoms with Crippen LogP contribution in [-0.2, 0) is 0 Å². The average Bonchev–Trinajstić information content (AvgIpc) is 2.16. The fraction of sp³-hybridized carbons (Fsp3) is 1.00. The summed E-state index contributed by atoms with van der Waals surface area (Å²) in [5, 5.41) is 0. The molecular formula is C13H30. The zero-order valence-electron chi connectivity index (χ0n) is 10.9. The van der Waals surface area contributed by atoms with Gasteiger partial charge in [-0.3, -0.25) is 0 Å². The smallest absolute Gasteiger partial charge is 0.0391 e. The van der Waals surface area contributed by atoms with Crippen molar-refractivity contribution in [3.05, 3.63) is 0 Å². The molecule has 0 heteroatoms. The average molecular weight is 186 g/mol. The molecule has 0 aliphatic rings. The van der Waals surface area contributed by atoms with Crippen LogP contribution in [0.4, 0.5) is 0 Å². The molecule has 2 unspecified atom stereocenters. The fourth-order valence-corrected chi connectivity index (χ4v) is 1.59. The topological polar surface area (TPSA) is 0 Å². The summed E-state index contributed by atoms with van der Waals surface area (Å²) in [6.45, 7) is 15.7. The molecular weight excluding hydrogens is 156 g/mol. The van der Waals surface area contributed by atoms with Gasteiger partial charge in [0.25, 0.3) is 0 Å². The van der Waals surface area contributed by atoms with E-state index < -0.39 is 0 Å². The van der Waals surface area contributed by atoms with Crippen molar-refractivity contribution >= 4 is 0 Å². The summed E-state index contributed by atoms with van der Waals surface area (Å²) in [7, 11) is 0. The van der Waals surface area contributed by atoms with Crippen LogP contribution in [0.2, 0.25) is 0 Å². The molecule has 13 heavy (non-hydrogen) atoms. The van der Waals surface area contributed by atoms with E-state index in [-0.39, 0.29) is 0 Å². The Morgan fingerprint density at radius 3 is 1.54 bits per heavy atom. The molecule has 0 radical (unpaired) electrons. The molecule has 0 aliphatic heterocycles. The quantitative estimate of drug-likeness (QED) is 0.558. The van der Waals surface area contributed by atoms with E-state index in [1.165, 1.54) is 19.3 Å². The van der Waals surface area contributed by atoms with Crippen LogP contribution in [0.5, 0.6) is 0 Å². The largest absolute Gasteiger partial charge is 0.0683 e. The Morgan fingerprint density at radius 1 is 0.846 bits per heavy atom. The van der Waals surface area contributed by atoms with E-state index in [9.17, 15) is 0 Å². The Hall–Kier alpha value is 0. The maximum absolute atomic E-state index is 2.37. The number of hydrogen-bond donors (Lipinski definition) is 0. The zero-order valence-corrected chi connectivity index (χ0v) is 10.9. The number of hydrogen-bond acceptors (Lipinski definition) is 0. The first-order valence-corrected chi connectivity index (χ1v) is 6.11. The van der Waals surface area contributed by atoms with E-state index in [2.05, 4.69) is 34.6 Å². The van der Waals surface area contributed by atoms with Crippen molar-refractivity contribution < 1.29 is 0 Å². The van der Waals surface area contributed by atoms with Crippen LogP contribution in [0.15, 0.2) is 0 Å². The highest BCUT2D eigenvalue weighted by molar-refractivity contribution is 4.64. The van der Waals surface area contributed by atoms with E-state index in [4.69, 9.17) is 0 Å². The Kier molecular flexibility index (Phi) is 12.0. The molecule has 0 bridgehead atoms. The Bertz CT molecular complexity index is 84.0. The van der Waals surface area contributed by atoms with Crippen LogP contribution in [-0.4, -0.2) is 0 Å². The molecule has 82 valence electrons. The van der Waals surface area contributed by atoms with Gasteiger partial charge in [-0.25, -0.2) is 0 Å². The van der Waals surface area contributed by atoms with Gasteiger partial charge in [0.1, 0.15) is 0 Å². The van der Waals surface area contributed by atoms with Crippen LogP contribution in [0.25, 0.3) is 0 Å². The molecule has 0 N–H and O–H groups in total. The first-order valence-electron chi connectivity index (χ1n) is 6.11. The van der Waals surface area contributed by atoms with Crippen molar-refractivity contribution in [2.75, 3.05) is 0 Å². The summed E-state index contributed by atoms with van der Waals surface area (Å²) in [5.41, 5.74) is 0. The standard InChI is InChI=1S/C11H24.C2H6/c1-6-10(5)8-11(7-2)9(3)4;1-2/h9-11H,6-8H2,1-5H3;1-2H3. The van der Waals surface area contributed by atoms with E-state index in [0.717, 1.165) is 17.8 Å². The highest BCUT2D eigenvalue weighted by atomic mass is 14.2. The van der Waals surface area contributed by atoms with Crippen molar-refractivity contribution in [2.24, 2.45) is 17.8 Å². The minimum absolute atomic E-state index is 0.869. The second-order valence-electron chi connectivity index (χ2n) is 4.16. The molecule has 2 atom stereocenters. The maximum Gasteiger partial charge on any atom is -0.0391 e. The second kappa shape index (κ2) is 10.1. The lowest BCUT2D eigenvalue weighted by atomic mass is 9.84. The predicted octanol–water partition coefficient (Wildman–Crippen LogP) is 5.13. The summed E-state index contributed by atoms with van der Waals surface area (Å²) in [6.07, 6.45) is 4.11. The fourth-order valence-electron chi connectivity index (χ4n) is 1.59. The van der Waals surface area contributed by atoms with Crippen molar-refractivity contribution in [2.45, 2.75) is 67.7 Å². The lowest BCUT2D eigenvalue weighted by Crippen LogP contribution is -2.11. The molecule has 0 amide bonds. The predicted molar refractivity (Wildman–Crippen MR) is 64.0 cm³/mol. The molecule has 0 nitrogen and oxygen atoms in total. The van der Waals surface area contributed by atoms with Crippen LogP contribution in [0, 0.1) is 17.8 Å². The van der Waals surface area contributed by atoms with Gasteiger partial charge in [-0.2, -0.15) is 0 Å². The molecule has 0 saturated heterocycles. The van der Waals surface area contributed by atoms with Gasteiger partial charge < -0.3 is 0 Å². The van der Waals surface area contributed by atoms with Gasteiger partial charge in [0, 0.05) is 0 Å². The Labute approximate surface area is 86.1 Å². The van der Waals surface area contributed by atoms with Crippen LogP contribution in [0.1, 0.15) is 67.7 Å². The van der Waals surface area contributed by atoms with E-state index in [0.29, 0.717) is 0 Å². The van der Waals surface area contributed by atoms with Gasteiger partial charge in [-0.15, -0.1) is 0 Å². The van der Waals surface area contributed by atoms with Crippen LogP contribution >= 0.6 is 0 Å². The maximum atomic E-state index is 2.37. The van der Waals surface area contributed by atoms with E-state index in [1.54, 1.807) is 0 Å². The minimum atomic E-state index is 0.869. The van der Waals surface area contributed by atoms with E-state index in [1.807, 2.05) is 13.8 Å². The molecule has 0 aromatic heterocycles. The van der Waals surface area contributed by atoms with Crippen LogP contribution in [0.3, 0.4) is 0 Å². The molecule has 0 heterocycles. The van der Waals surface area contributed by atoms with Gasteiger partial charge >= 0.3 is 0 Å². The monoisotopic (exact) mass is 186 g/mol. The summed E-state index contributed by atoms with van der Waals surface area (Å²) in [6, 6.07) is 0. The molecule has 0 saturated carbocycles. The third-order valence-corrected chi connectivity index (χ3v) is 2.87. The highest BCUT2D eigenvalue weighted by Gasteiger charge is 2.13. The third-order valence-electron chi connectivity index (χ3n) is 2.87. The van der Waals surface area contributed by atoms with Gasteiger partial charge in [0.05, 0.1) is 0 Å². The summed E-state index contributed by atoms with van der Waals surface area (Å²) in [5.74, 6) is 2.74. The molecule has 0 rings (SSSR count). The SMILES string of the molecule is CC.CCC(C)CC(CC)C(C)C. The van der Waals surface area contributed by atoms with Crippen molar-refractivity contribution in [1.82, 2.24) is 0 Å². The van der Waals surface area contributed by atoms with Crippen molar-refractivity contribution in [3.63, 3.8) is 0 Å². The summed E-state index contributed by atoms with van der Waals surface area (Å²) in [4.78, 5) is 0. The molecule has 0 aliphatic carbocycles. The second-order valence-corrected chi connectivity index (χ2v) is 4.16. The molecule has 0 fully saturated rings. The van der Waals surface area contributed by atoms with E-state index >= 15 is 0 Å². The van der Waals surface area contributed by atoms with Gasteiger partial charge in [0.15, 0.2) is 0 Å². The van der Waals surface area contributed by atoms with Crippen LogP contribution < -0.4 is 0 Å². The van der Waals surface area contributed by atoms with Gasteiger partial charge in [-0.1, -0.05) is 61.3 Å². The highest BCUT2D eigenvalue weighted by Crippen LogP contribution is 2.24. The Morgan fingerprint density at radius 2 is 1.31 bits per heavy atom. The van der Waals surface area contributed by atoms with Gasteiger partial charge in [0.2, 0.25) is 0 Å². The normalized spacial score (nSPS) is 14.8. The minimum Gasteiger partial charge on any atom is -0.0683 e. The molecule has 0 aromatic rings. The van der Waals surface area contributed by atoms with Crippen molar-refractivity contribution in [1.29, 1.82) is 0 Å². The van der Waals surface area contributed by atoms with Crippen molar-refractivity contribution in [3.8, 4) is 0 Å². The molecule has 0 spiro atoms. The number of rotatable bonds is 5. The summed E-state index contributed by atoms with van der Waals surface area (Å²) < 4.78 is 0. The lowest BCUT2D eigenvalue weighted by molar-refractivity contribution is 0.295. The first kappa shape index (κ1) is 15.5. The molecule has 0 aromatic carbocycles. The lowest BCUT2D eigenvalue weighted by Gasteiger charge is -2.22. The first-order chi connectivity index (χ1) is 6.11. The zero-order chi connectivity index (χ0) is 10.9. The van der Waals surface area contributed by atoms with Gasteiger partial charge in [-0.05, 0) is 24.2 Å². The third kappa shape index (κ3) is 8.33. The Balaban J connectivity index is 0. The summed E-state index contributed by atoms with van der Waals surface area (Å²) >= 11 is 0.